The SMILES string of the molecule is CNc1ccc2cccnc2c1. The van der Waals surface area contributed by atoms with Crippen molar-refractivity contribution in [2.45, 2.75) is 0 Å². The van der Waals surface area contributed by atoms with E-state index in [0.717, 1.165) is 11.2 Å². The third-order valence-corrected chi connectivity index (χ3v) is 1.89. The molecular weight excluding hydrogens is 148 g/mol. The molecule has 2 aromatic rings. The molecule has 0 amide bonds. The molecule has 1 heterocycles. The Balaban J connectivity index is 2.67. The Labute approximate surface area is 71.2 Å². The zero-order valence-electron chi connectivity index (χ0n) is 6.91. The Morgan fingerprint density at radius 2 is 2.17 bits per heavy atom. The van der Waals surface area contributed by atoms with E-state index in [1.807, 2.05) is 31.4 Å². The molecule has 0 unspecified atom stereocenters. The summed E-state index contributed by atoms with van der Waals surface area (Å²) in [6, 6.07) is 10.1. The standard InChI is InChI=1S/C10H10N2/c1-11-9-5-4-8-3-2-6-12-10(8)7-9/h2-7,11H,1H3. The normalized spacial score (nSPS) is 10.1. The van der Waals surface area contributed by atoms with Crippen molar-refractivity contribution in [3.8, 4) is 0 Å². The van der Waals surface area contributed by atoms with E-state index >= 15 is 0 Å². The van der Waals surface area contributed by atoms with Crippen LogP contribution in [0, 0.1) is 0 Å². The van der Waals surface area contributed by atoms with Gasteiger partial charge < -0.3 is 5.32 Å². The second-order valence-electron chi connectivity index (χ2n) is 2.66. The number of rotatable bonds is 1. The Bertz CT molecular complexity index is 396. The monoisotopic (exact) mass is 158 g/mol. The molecule has 0 bridgehead atoms. The van der Waals surface area contributed by atoms with Gasteiger partial charge in [0, 0.05) is 24.3 Å². The van der Waals surface area contributed by atoms with E-state index in [1.165, 1.54) is 5.39 Å². The smallest absolute Gasteiger partial charge is 0.0722 e. The van der Waals surface area contributed by atoms with Gasteiger partial charge in [0.1, 0.15) is 0 Å². The van der Waals surface area contributed by atoms with Crippen LogP contribution >= 0.6 is 0 Å². The van der Waals surface area contributed by atoms with Gasteiger partial charge in [-0.1, -0.05) is 12.1 Å². The number of aromatic nitrogens is 1. The number of nitrogens with one attached hydrogen (secondary N) is 1. The van der Waals surface area contributed by atoms with E-state index in [1.54, 1.807) is 0 Å². The maximum absolute atomic E-state index is 4.25. The fourth-order valence-corrected chi connectivity index (χ4v) is 1.22. The average molecular weight is 158 g/mol. The predicted molar refractivity (Wildman–Crippen MR) is 51.3 cm³/mol. The van der Waals surface area contributed by atoms with Crippen LogP contribution in [-0.2, 0) is 0 Å². The molecule has 0 aliphatic rings. The summed E-state index contributed by atoms with van der Waals surface area (Å²) in [5, 5.41) is 4.26. The van der Waals surface area contributed by atoms with Gasteiger partial charge in [-0.05, 0) is 18.2 Å². The lowest BCUT2D eigenvalue weighted by Gasteiger charge is -2.00. The highest BCUT2D eigenvalue weighted by molar-refractivity contribution is 5.81. The van der Waals surface area contributed by atoms with Crippen LogP contribution in [0.5, 0.6) is 0 Å². The second kappa shape index (κ2) is 2.81. The third-order valence-electron chi connectivity index (χ3n) is 1.89. The van der Waals surface area contributed by atoms with Gasteiger partial charge in [-0.2, -0.15) is 0 Å². The largest absolute Gasteiger partial charge is 0.388 e. The van der Waals surface area contributed by atoms with E-state index in [2.05, 4.69) is 22.4 Å². The summed E-state index contributed by atoms with van der Waals surface area (Å²) >= 11 is 0. The first-order chi connectivity index (χ1) is 5.90. The third kappa shape index (κ3) is 1.11. The molecule has 60 valence electrons. The zero-order chi connectivity index (χ0) is 8.39. The van der Waals surface area contributed by atoms with Crippen LogP contribution in [0.2, 0.25) is 0 Å². The molecule has 0 fully saturated rings. The lowest BCUT2D eigenvalue weighted by atomic mass is 10.2. The molecule has 0 saturated heterocycles. The quantitative estimate of drug-likeness (QED) is 0.688. The number of anilines is 1. The molecule has 0 spiro atoms. The Morgan fingerprint density at radius 3 is 3.00 bits per heavy atom. The van der Waals surface area contributed by atoms with Crippen LogP contribution in [0.25, 0.3) is 10.9 Å². The Morgan fingerprint density at radius 1 is 1.25 bits per heavy atom. The summed E-state index contributed by atoms with van der Waals surface area (Å²) in [5.74, 6) is 0. The van der Waals surface area contributed by atoms with E-state index in [-0.39, 0.29) is 0 Å². The summed E-state index contributed by atoms with van der Waals surface area (Å²) in [6.45, 7) is 0. The number of hydrogen-bond donors (Lipinski definition) is 1. The van der Waals surface area contributed by atoms with Gasteiger partial charge in [-0.25, -0.2) is 0 Å². The van der Waals surface area contributed by atoms with Crippen LogP contribution in [0.1, 0.15) is 0 Å². The first-order valence-corrected chi connectivity index (χ1v) is 3.93. The van der Waals surface area contributed by atoms with E-state index in [0.29, 0.717) is 0 Å². The van der Waals surface area contributed by atoms with Crippen molar-refractivity contribution in [1.29, 1.82) is 0 Å². The van der Waals surface area contributed by atoms with Gasteiger partial charge in [0.15, 0.2) is 0 Å². The number of nitrogens with zero attached hydrogens (tertiary/aromatic N) is 1. The molecule has 2 heteroatoms. The van der Waals surface area contributed by atoms with E-state index in [9.17, 15) is 0 Å². The molecule has 12 heavy (non-hydrogen) atoms. The Kier molecular flexibility index (Phi) is 1.67. The average Bonchev–Trinajstić information content (AvgIpc) is 2.17. The maximum Gasteiger partial charge on any atom is 0.0722 e. The fourth-order valence-electron chi connectivity index (χ4n) is 1.22. The van der Waals surface area contributed by atoms with Crippen molar-refractivity contribution in [2.24, 2.45) is 0 Å². The van der Waals surface area contributed by atoms with E-state index < -0.39 is 0 Å². The molecule has 0 aliphatic heterocycles. The molecule has 1 aromatic heterocycles. The summed E-state index contributed by atoms with van der Waals surface area (Å²) < 4.78 is 0. The molecule has 0 aliphatic carbocycles. The van der Waals surface area contributed by atoms with Crippen molar-refractivity contribution < 1.29 is 0 Å². The first-order valence-electron chi connectivity index (χ1n) is 3.93. The number of hydrogen-bond acceptors (Lipinski definition) is 2. The highest BCUT2D eigenvalue weighted by atomic mass is 14.8. The lowest BCUT2D eigenvalue weighted by molar-refractivity contribution is 1.40. The van der Waals surface area contributed by atoms with E-state index in [4.69, 9.17) is 0 Å². The predicted octanol–water partition coefficient (Wildman–Crippen LogP) is 2.28. The summed E-state index contributed by atoms with van der Waals surface area (Å²) in [5.41, 5.74) is 2.13. The van der Waals surface area contributed by atoms with Crippen LogP contribution in [0.15, 0.2) is 36.5 Å². The molecule has 0 radical (unpaired) electrons. The lowest BCUT2D eigenvalue weighted by Crippen LogP contribution is -1.87. The number of benzene rings is 1. The molecule has 1 N–H and O–H groups in total. The van der Waals surface area contributed by atoms with Crippen molar-refractivity contribution in [3.05, 3.63) is 36.5 Å². The van der Waals surface area contributed by atoms with Crippen molar-refractivity contribution in [1.82, 2.24) is 4.98 Å². The van der Waals surface area contributed by atoms with Crippen molar-refractivity contribution >= 4 is 16.6 Å². The topological polar surface area (TPSA) is 24.9 Å². The van der Waals surface area contributed by atoms with Crippen LogP contribution in [0.4, 0.5) is 5.69 Å². The molecular formula is C10H10N2. The highest BCUT2D eigenvalue weighted by Crippen LogP contribution is 2.15. The van der Waals surface area contributed by atoms with Crippen LogP contribution < -0.4 is 5.32 Å². The van der Waals surface area contributed by atoms with Gasteiger partial charge >= 0.3 is 0 Å². The summed E-state index contributed by atoms with van der Waals surface area (Å²) in [7, 11) is 1.91. The Hall–Kier alpha value is -1.57. The minimum Gasteiger partial charge on any atom is -0.388 e. The second-order valence-corrected chi connectivity index (χ2v) is 2.66. The van der Waals surface area contributed by atoms with Crippen molar-refractivity contribution in [3.63, 3.8) is 0 Å². The number of pyridine rings is 1. The number of fused-ring (bicyclic) bond motifs is 1. The minimum atomic E-state index is 1.03. The zero-order valence-corrected chi connectivity index (χ0v) is 6.91. The highest BCUT2D eigenvalue weighted by Gasteiger charge is 1.93. The summed E-state index contributed by atoms with van der Waals surface area (Å²) in [6.07, 6.45) is 1.81. The van der Waals surface area contributed by atoms with Crippen LogP contribution in [0.3, 0.4) is 0 Å². The van der Waals surface area contributed by atoms with Gasteiger partial charge in [-0.15, -0.1) is 0 Å². The molecule has 2 rings (SSSR count). The summed E-state index contributed by atoms with van der Waals surface area (Å²) in [4.78, 5) is 4.25. The maximum atomic E-state index is 4.25. The van der Waals surface area contributed by atoms with Crippen LogP contribution in [-0.4, -0.2) is 12.0 Å². The minimum absolute atomic E-state index is 1.03. The molecule has 1 aromatic carbocycles. The fraction of sp³-hybridized carbons (Fsp3) is 0.100. The molecule has 2 nitrogen and oxygen atoms in total. The van der Waals surface area contributed by atoms with Gasteiger partial charge in [0.25, 0.3) is 0 Å². The van der Waals surface area contributed by atoms with Crippen molar-refractivity contribution in [2.75, 3.05) is 12.4 Å². The van der Waals surface area contributed by atoms with Gasteiger partial charge in [-0.3, -0.25) is 4.98 Å². The van der Waals surface area contributed by atoms with Gasteiger partial charge in [0.05, 0.1) is 5.52 Å². The molecule has 0 atom stereocenters. The van der Waals surface area contributed by atoms with Gasteiger partial charge in [0.2, 0.25) is 0 Å². The first kappa shape index (κ1) is 7.10. The molecule has 0 saturated carbocycles.